The molecule has 1 unspecified atom stereocenters. The molecule has 2 rings (SSSR count). The van der Waals surface area contributed by atoms with E-state index in [4.69, 9.17) is 0 Å². The summed E-state index contributed by atoms with van der Waals surface area (Å²) in [6.07, 6.45) is 3.33. The Labute approximate surface area is 106 Å². The molecular weight excluding hydrogens is 238 g/mol. The first-order valence-electron chi connectivity index (χ1n) is 5.76. The fourth-order valence-corrected chi connectivity index (χ4v) is 4.10. The van der Waals surface area contributed by atoms with Gasteiger partial charge in [-0.2, -0.15) is 11.8 Å². The molecule has 1 aliphatic rings. The SMILES string of the molecule is CCNc1ncc(CN(C)C2CCSC2)s1. The van der Waals surface area contributed by atoms with Gasteiger partial charge in [0.15, 0.2) is 5.13 Å². The lowest BCUT2D eigenvalue weighted by molar-refractivity contribution is 0.256. The zero-order valence-electron chi connectivity index (χ0n) is 9.90. The Morgan fingerprint density at radius 2 is 2.50 bits per heavy atom. The van der Waals surface area contributed by atoms with E-state index in [1.807, 2.05) is 6.20 Å². The summed E-state index contributed by atoms with van der Waals surface area (Å²) in [6, 6.07) is 0.759. The molecule has 3 nitrogen and oxygen atoms in total. The third kappa shape index (κ3) is 3.12. The zero-order valence-corrected chi connectivity index (χ0v) is 11.5. The molecule has 1 aromatic rings. The molecule has 1 atom stereocenters. The third-order valence-corrected chi connectivity index (χ3v) is 4.90. The van der Waals surface area contributed by atoms with Gasteiger partial charge in [-0.1, -0.05) is 0 Å². The summed E-state index contributed by atoms with van der Waals surface area (Å²) in [7, 11) is 2.23. The van der Waals surface area contributed by atoms with E-state index in [1.54, 1.807) is 11.3 Å². The van der Waals surface area contributed by atoms with E-state index in [2.05, 4.69) is 40.9 Å². The number of nitrogens with zero attached hydrogens (tertiary/aromatic N) is 2. The maximum absolute atomic E-state index is 4.36. The maximum atomic E-state index is 4.36. The van der Waals surface area contributed by atoms with Crippen LogP contribution in [-0.4, -0.2) is 41.0 Å². The number of anilines is 1. The molecule has 0 spiro atoms. The summed E-state index contributed by atoms with van der Waals surface area (Å²) >= 11 is 3.84. The summed E-state index contributed by atoms with van der Waals surface area (Å²) < 4.78 is 0. The summed E-state index contributed by atoms with van der Waals surface area (Å²) in [6.45, 7) is 4.08. The molecule has 1 fully saturated rings. The van der Waals surface area contributed by atoms with Crippen LogP contribution in [0, 0.1) is 0 Å². The number of thioether (sulfide) groups is 1. The Hall–Kier alpha value is -0.260. The zero-order chi connectivity index (χ0) is 11.4. The van der Waals surface area contributed by atoms with Crippen molar-refractivity contribution in [3.63, 3.8) is 0 Å². The normalized spacial score (nSPS) is 20.6. The largest absolute Gasteiger partial charge is 0.362 e. The van der Waals surface area contributed by atoms with Crippen molar-refractivity contribution in [2.24, 2.45) is 0 Å². The van der Waals surface area contributed by atoms with Crippen LogP contribution in [0.25, 0.3) is 0 Å². The highest BCUT2D eigenvalue weighted by Crippen LogP contribution is 2.25. The average Bonchev–Trinajstić information content (AvgIpc) is 2.89. The fourth-order valence-electron chi connectivity index (χ4n) is 1.86. The molecule has 0 aliphatic carbocycles. The van der Waals surface area contributed by atoms with Gasteiger partial charge >= 0.3 is 0 Å². The minimum atomic E-state index is 0.759. The van der Waals surface area contributed by atoms with Gasteiger partial charge in [-0.05, 0) is 26.1 Å². The molecule has 0 aromatic carbocycles. The maximum Gasteiger partial charge on any atom is 0.182 e. The number of hydrogen-bond donors (Lipinski definition) is 1. The van der Waals surface area contributed by atoms with Crippen molar-refractivity contribution in [2.75, 3.05) is 30.4 Å². The molecule has 1 aromatic heterocycles. The molecule has 1 aliphatic heterocycles. The summed E-state index contributed by atoms with van der Waals surface area (Å²) in [5, 5.41) is 4.30. The van der Waals surface area contributed by atoms with Crippen LogP contribution in [-0.2, 0) is 6.54 Å². The molecule has 90 valence electrons. The predicted molar refractivity (Wildman–Crippen MR) is 73.5 cm³/mol. The van der Waals surface area contributed by atoms with Gasteiger partial charge in [-0.15, -0.1) is 11.3 Å². The van der Waals surface area contributed by atoms with Gasteiger partial charge < -0.3 is 5.32 Å². The third-order valence-electron chi connectivity index (χ3n) is 2.82. The molecule has 0 saturated carbocycles. The molecule has 1 saturated heterocycles. The van der Waals surface area contributed by atoms with Gasteiger partial charge in [0.1, 0.15) is 0 Å². The predicted octanol–water partition coefficient (Wildman–Crippen LogP) is 2.51. The van der Waals surface area contributed by atoms with Gasteiger partial charge in [0.25, 0.3) is 0 Å². The quantitative estimate of drug-likeness (QED) is 0.877. The molecule has 0 radical (unpaired) electrons. The van der Waals surface area contributed by atoms with E-state index in [-0.39, 0.29) is 0 Å². The first-order valence-corrected chi connectivity index (χ1v) is 7.73. The van der Waals surface area contributed by atoms with Crippen molar-refractivity contribution in [3.05, 3.63) is 11.1 Å². The van der Waals surface area contributed by atoms with Crippen molar-refractivity contribution in [3.8, 4) is 0 Å². The van der Waals surface area contributed by atoms with Crippen LogP contribution < -0.4 is 5.32 Å². The lowest BCUT2D eigenvalue weighted by atomic mass is 10.2. The average molecular weight is 257 g/mol. The number of aromatic nitrogens is 1. The minimum Gasteiger partial charge on any atom is -0.362 e. The topological polar surface area (TPSA) is 28.2 Å². The molecule has 0 amide bonds. The minimum absolute atomic E-state index is 0.759. The lowest BCUT2D eigenvalue weighted by Gasteiger charge is -2.22. The number of hydrogen-bond acceptors (Lipinski definition) is 5. The lowest BCUT2D eigenvalue weighted by Crippen LogP contribution is -2.30. The van der Waals surface area contributed by atoms with Crippen LogP contribution in [0.1, 0.15) is 18.2 Å². The fraction of sp³-hybridized carbons (Fsp3) is 0.727. The van der Waals surface area contributed by atoms with E-state index in [1.165, 1.54) is 22.8 Å². The Kier molecular flexibility index (Phi) is 4.49. The van der Waals surface area contributed by atoms with E-state index in [0.29, 0.717) is 0 Å². The molecule has 1 N–H and O–H groups in total. The Balaban J connectivity index is 1.87. The van der Waals surface area contributed by atoms with E-state index in [9.17, 15) is 0 Å². The summed E-state index contributed by atoms with van der Waals surface area (Å²) in [5.41, 5.74) is 0. The molecule has 0 bridgehead atoms. The van der Waals surface area contributed by atoms with Crippen LogP contribution in [0.5, 0.6) is 0 Å². The monoisotopic (exact) mass is 257 g/mol. The second kappa shape index (κ2) is 5.89. The van der Waals surface area contributed by atoms with Crippen LogP contribution in [0.4, 0.5) is 5.13 Å². The van der Waals surface area contributed by atoms with Gasteiger partial charge in [0.2, 0.25) is 0 Å². The van der Waals surface area contributed by atoms with E-state index < -0.39 is 0 Å². The van der Waals surface area contributed by atoms with E-state index in [0.717, 1.165) is 24.3 Å². The van der Waals surface area contributed by atoms with Crippen molar-refractivity contribution >= 4 is 28.2 Å². The van der Waals surface area contributed by atoms with Crippen molar-refractivity contribution in [1.29, 1.82) is 0 Å². The van der Waals surface area contributed by atoms with Crippen LogP contribution in [0.2, 0.25) is 0 Å². The summed E-state index contributed by atoms with van der Waals surface area (Å²) in [5.74, 6) is 2.61. The van der Waals surface area contributed by atoms with Crippen molar-refractivity contribution in [1.82, 2.24) is 9.88 Å². The van der Waals surface area contributed by atoms with Crippen molar-refractivity contribution < 1.29 is 0 Å². The van der Waals surface area contributed by atoms with Gasteiger partial charge in [-0.25, -0.2) is 4.98 Å². The molecule has 5 heteroatoms. The van der Waals surface area contributed by atoms with Crippen LogP contribution in [0.15, 0.2) is 6.20 Å². The Bertz CT molecular complexity index is 321. The summed E-state index contributed by atoms with van der Waals surface area (Å²) in [4.78, 5) is 8.18. The Morgan fingerprint density at radius 3 is 3.19 bits per heavy atom. The second-order valence-electron chi connectivity index (χ2n) is 4.09. The van der Waals surface area contributed by atoms with Gasteiger partial charge in [0, 0.05) is 36.0 Å². The molecular formula is C11H19N3S2. The first-order chi connectivity index (χ1) is 7.79. The first kappa shape index (κ1) is 12.2. The molecule has 2 heterocycles. The molecule has 16 heavy (non-hydrogen) atoms. The number of rotatable bonds is 5. The highest BCUT2D eigenvalue weighted by atomic mass is 32.2. The van der Waals surface area contributed by atoms with Crippen LogP contribution in [0.3, 0.4) is 0 Å². The van der Waals surface area contributed by atoms with Gasteiger partial charge in [-0.3, -0.25) is 4.90 Å². The second-order valence-corrected chi connectivity index (χ2v) is 6.36. The van der Waals surface area contributed by atoms with Gasteiger partial charge in [0.05, 0.1) is 0 Å². The van der Waals surface area contributed by atoms with Crippen molar-refractivity contribution in [2.45, 2.75) is 25.9 Å². The smallest absolute Gasteiger partial charge is 0.182 e. The number of nitrogens with one attached hydrogen (secondary N) is 1. The highest BCUT2D eigenvalue weighted by Gasteiger charge is 2.20. The van der Waals surface area contributed by atoms with Crippen LogP contribution >= 0.6 is 23.1 Å². The van der Waals surface area contributed by atoms with E-state index >= 15 is 0 Å². The standard InChI is InChI=1S/C11H19N3S2/c1-3-12-11-13-6-10(16-11)7-14(2)9-4-5-15-8-9/h6,9H,3-5,7-8H2,1-2H3,(H,12,13). The highest BCUT2D eigenvalue weighted by molar-refractivity contribution is 7.99. The number of thiazole rings is 1. The Morgan fingerprint density at radius 1 is 1.62 bits per heavy atom.